The fourth-order valence-electron chi connectivity index (χ4n) is 5.14. The highest BCUT2D eigenvalue weighted by Gasteiger charge is 2.37. The number of benzene rings is 6. The molecule has 0 amide bonds. The molecule has 2 N–H and O–H groups in total. The zero-order chi connectivity index (χ0) is 44.9. The quantitative estimate of drug-likeness (QED) is 0.0226. The van der Waals surface area contributed by atoms with Gasteiger partial charge in [0.05, 0.1) is 17.7 Å². The van der Waals surface area contributed by atoms with Crippen molar-refractivity contribution >= 4 is 58.6 Å². The Morgan fingerprint density at radius 1 is 0.581 bits per heavy atom. The largest absolute Gasteiger partial charge is 0.478 e. The van der Waals surface area contributed by atoms with E-state index in [4.69, 9.17) is 47.8 Å². The van der Waals surface area contributed by atoms with E-state index in [0.29, 0.717) is 38.9 Å². The summed E-state index contributed by atoms with van der Waals surface area (Å²) in [6.45, 7) is 3.71. The summed E-state index contributed by atoms with van der Waals surface area (Å²) in [6.07, 6.45) is -1.37. The number of carbonyl (C=O) groups is 6. The van der Waals surface area contributed by atoms with E-state index >= 15 is 0 Å². The average molecular weight is 878 g/mol. The fraction of sp³-hybridized carbons (Fsp3) is 0.0833. The van der Waals surface area contributed by atoms with Crippen LogP contribution in [0.15, 0.2) is 183 Å². The van der Waals surface area contributed by atoms with E-state index < -0.39 is 42.2 Å². The van der Waals surface area contributed by atoms with Gasteiger partial charge in [0, 0.05) is 38.4 Å². The molecule has 0 aliphatic carbocycles. The van der Waals surface area contributed by atoms with Crippen molar-refractivity contribution in [2.24, 2.45) is 0 Å². The molecule has 3 unspecified atom stereocenters. The molecular formula is C48H38Cl2O12. The van der Waals surface area contributed by atoms with Crippen molar-refractivity contribution in [1.82, 2.24) is 0 Å². The van der Waals surface area contributed by atoms with Gasteiger partial charge in [0.1, 0.15) is 0 Å². The highest BCUT2D eigenvalue weighted by atomic mass is 35.5. The predicted octanol–water partition coefficient (Wildman–Crippen LogP) is 9.90. The van der Waals surface area contributed by atoms with Crippen molar-refractivity contribution in [3.63, 3.8) is 0 Å². The Labute approximate surface area is 366 Å². The van der Waals surface area contributed by atoms with E-state index in [0.717, 1.165) is 6.08 Å². The fourth-order valence-corrected chi connectivity index (χ4v) is 5.52. The van der Waals surface area contributed by atoms with Crippen LogP contribution in [0.4, 0.5) is 0 Å². The number of aromatic carboxylic acids is 1. The summed E-state index contributed by atoms with van der Waals surface area (Å²) < 4.78 is 15.5. The minimum absolute atomic E-state index is 0.215. The molecule has 1 aliphatic rings. The molecule has 0 aromatic heterocycles. The topological polar surface area (TPSA) is 183 Å². The number of carboxylic acids is 1. The first kappa shape index (κ1) is 47.5. The number of hydrogen-bond acceptors (Lipinski definition) is 11. The second kappa shape index (κ2) is 24.8. The third-order valence-electron chi connectivity index (χ3n) is 8.24. The number of epoxide rings is 1. The first-order valence-electron chi connectivity index (χ1n) is 18.5. The molecule has 0 radical (unpaired) electrons. The van der Waals surface area contributed by atoms with E-state index in [9.17, 15) is 28.8 Å². The molecule has 1 fully saturated rings. The Bertz CT molecular complexity index is 2430. The summed E-state index contributed by atoms with van der Waals surface area (Å²) in [5.74, 6) is -3.38. The van der Waals surface area contributed by atoms with Crippen molar-refractivity contribution in [3.05, 3.63) is 226 Å². The number of Topliss-reactive ketones (excluding diaryl/α,β-unsaturated/α-hetero) is 2. The van der Waals surface area contributed by atoms with Crippen LogP contribution in [0.3, 0.4) is 0 Å². The molecule has 0 saturated carbocycles. The molecule has 12 nitrogen and oxygen atoms in total. The van der Waals surface area contributed by atoms with Crippen LogP contribution in [0.2, 0.25) is 10.0 Å². The maximum absolute atomic E-state index is 12.6. The first-order valence-corrected chi connectivity index (χ1v) is 19.2. The van der Waals surface area contributed by atoms with Crippen LogP contribution in [-0.2, 0) is 28.7 Å². The molecule has 1 aliphatic heterocycles. The molecule has 0 spiro atoms. The van der Waals surface area contributed by atoms with Gasteiger partial charge >= 0.3 is 23.9 Å². The van der Waals surface area contributed by atoms with Gasteiger partial charge in [-0.05, 0) is 36.4 Å². The zero-order valence-corrected chi connectivity index (χ0v) is 34.1. The summed E-state index contributed by atoms with van der Waals surface area (Å²) in [5.41, 5.74) is 2.73. The van der Waals surface area contributed by atoms with Gasteiger partial charge in [-0.25, -0.2) is 19.2 Å². The molecular weight excluding hydrogens is 839 g/mol. The molecule has 0 bridgehead atoms. The van der Waals surface area contributed by atoms with Crippen molar-refractivity contribution in [1.29, 1.82) is 0 Å². The normalized spacial score (nSPS) is 12.9. The van der Waals surface area contributed by atoms with Gasteiger partial charge in [0.25, 0.3) is 0 Å². The highest BCUT2D eigenvalue weighted by Crippen LogP contribution is 2.26. The number of esters is 2. The van der Waals surface area contributed by atoms with Crippen LogP contribution in [0.5, 0.6) is 0 Å². The van der Waals surface area contributed by atoms with Gasteiger partial charge in [-0.15, -0.1) is 0 Å². The van der Waals surface area contributed by atoms with E-state index in [1.165, 1.54) is 24.3 Å². The summed E-state index contributed by atoms with van der Waals surface area (Å²) in [6, 6.07) is 47.7. The number of halogens is 2. The lowest BCUT2D eigenvalue weighted by atomic mass is 10.00. The Balaban J connectivity index is 0.000000191. The highest BCUT2D eigenvalue weighted by molar-refractivity contribution is 6.31. The second-order valence-corrected chi connectivity index (χ2v) is 13.5. The summed E-state index contributed by atoms with van der Waals surface area (Å²) in [4.78, 5) is 72.8. The zero-order valence-electron chi connectivity index (χ0n) is 32.6. The van der Waals surface area contributed by atoms with Gasteiger partial charge in [0.15, 0.2) is 18.3 Å². The first-order chi connectivity index (χ1) is 29.9. The lowest BCUT2D eigenvalue weighted by molar-refractivity contribution is -0.182. The summed E-state index contributed by atoms with van der Waals surface area (Å²) in [7, 11) is 0. The lowest BCUT2D eigenvalue weighted by Crippen LogP contribution is -2.22. The van der Waals surface area contributed by atoms with E-state index in [-0.39, 0.29) is 22.7 Å². The monoisotopic (exact) mass is 876 g/mol. The number of ketones is 2. The lowest BCUT2D eigenvalue weighted by Gasteiger charge is -2.16. The standard InChI is InChI=1S/C17H14O4.C17H14O3.C7H5ClO3.C7H5ClO2/c18-15(12-7-3-1-4-8-12)16(13-9-5-2-6-10-13)21-17(19)14-11-20-14;1-2-15(18)20-17(14-11-7-4-8-12-14)16(19)13-9-5-3-6-10-13;8-6-3-1-2-5(4-6)7(9)11-10;8-6-3-1-2-5(4-6)7(9)10/h1-10,14,16H,11H2;2-12,17H,1H2;1-4,10H;1-4H,(H,9,10). The number of rotatable bonds is 12. The maximum Gasteiger partial charge on any atom is 0.372 e. The van der Waals surface area contributed by atoms with Crippen molar-refractivity contribution in [2.75, 3.05) is 6.61 Å². The third kappa shape index (κ3) is 15.4. The minimum atomic E-state index is -0.956. The van der Waals surface area contributed by atoms with Crippen molar-refractivity contribution in [2.45, 2.75) is 18.3 Å². The van der Waals surface area contributed by atoms with Crippen LogP contribution in [0.25, 0.3) is 0 Å². The Kier molecular flexibility index (Phi) is 19.0. The van der Waals surface area contributed by atoms with Gasteiger partial charge in [-0.1, -0.05) is 163 Å². The number of carboxylic acid groups (broad SMARTS) is 1. The SMILES string of the molecule is C=CC(=O)OC(C(=O)c1ccccc1)c1ccccc1.O=C(O)c1cccc(Cl)c1.O=C(OC(C(=O)c1ccccc1)c1ccccc1)C1CO1.O=C(OO)c1cccc(Cl)c1. The average Bonchev–Trinajstić information content (AvgIpc) is 4.17. The molecule has 1 saturated heterocycles. The van der Waals surface area contributed by atoms with Gasteiger partial charge in [-0.3, -0.25) is 14.5 Å². The number of carbonyl (C=O) groups excluding carboxylic acids is 5. The van der Waals surface area contributed by atoms with Crippen LogP contribution in [-0.4, -0.2) is 58.5 Å². The van der Waals surface area contributed by atoms with Crippen molar-refractivity contribution < 1.29 is 58.2 Å². The molecule has 3 atom stereocenters. The van der Waals surface area contributed by atoms with Crippen molar-refractivity contribution in [3.8, 4) is 0 Å². The van der Waals surface area contributed by atoms with Crippen LogP contribution < -0.4 is 0 Å². The van der Waals surface area contributed by atoms with Crippen LogP contribution in [0, 0.1) is 0 Å². The Morgan fingerprint density at radius 2 is 0.968 bits per heavy atom. The second-order valence-electron chi connectivity index (χ2n) is 12.6. The van der Waals surface area contributed by atoms with E-state index in [1.54, 1.807) is 109 Å². The maximum atomic E-state index is 12.6. The molecule has 1 heterocycles. The molecule has 62 heavy (non-hydrogen) atoms. The molecule has 316 valence electrons. The smallest absolute Gasteiger partial charge is 0.372 e. The molecule has 6 aromatic rings. The van der Waals surface area contributed by atoms with E-state index in [1.807, 2.05) is 36.4 Å². The Morgan fingerprint density at radius 3 is 1.34 bits per heavy atom. The summed E-state index contributed by atoms with van der Waals surface area (Å²) in [5, 5.41) is 17.3. The van der Waals surface area contributed by atoms with Gasteiger partial charge in [0.2, 0.25) is 11.6 Å². The molecule has 6 aromatic carbocycles. The molecule has 7 rings (SSSR count). The van der Waals surface area contributed by atoms with Crippen LogP contribution >= 0.6 is 23.2 Å². The predicted molar refractivity (Wildman–Crippen MR) is 230 cm³/mol. The number of ether oxygens (including phenoxy) is 3. The Hall–Kier alpha value is -7.22. The van der Waals surface area contributed by atoms with Gasteiger partial charge < -0.3 is 19.3 Å². The number of hydrogen-bond donors (Lipinski definition) is 2. The van der Waals surface area contributed by atoms with Crippen LogP contribution in [0.1, 0.15) is 64.8 Å². The van der Waals surface area contributed by atoms with E-state index in [2.05, 4.69) is 11.5 Å². The third-order valence-corrected chi connectivity index (χ3v) is 8.71. The summed E-state index contributed by atoms with van der Waals surface area (Å²) >= 11 is 11.1. The molecule has 14 heteroatoms. The van der Waals surface area contributed by atoms with Gasteiger partial charge in [-0.2, -0.15) is 5.26 Å². The minimum Gasteiger partial charge on any atom is -0.478 e.